The van der Waals surface area contributed by atoms with Crippen molar-refractivity contribution in [3.63, 3.8) is 0 Å². The van der Waals surface area contributed by atoms with E-state index in [1.54, 1.807) is 17.2 Å². The third-order valence-electron chi connectivity index (χ3n) is 5.70. The Bertz CT molecular complexity index is 965. The van der Waals surface area contributed by atoms with Crippen LogP contribution in [-0.4, -0.2) is 66.0 Å². The Labute approximate surface area is 197 Å². The molecule has 0 atom stereocenters. The van der Waals surface area contributed by atoms with Crippen LogP contribution in [0.2, 0.25) is 5.02 Å². The molecule has 2 aliphatic rings. The van der Waals surface area contributed by atoms with Gasteiger partial charge in [-0.2, -0.15) is 0 Å². The minimum atomic E-state index is -0.274. The average Bonchev–Trinajstić information content (AvgIpc) is 2.79. The molecule has 3 heterocycles. The van der Waals surface area contributed by atoms with Gasteiger partial charge < -0.3 is 20.4 Å². The van der Waals surface area contributed by atoms with Gasteiger partial charge in [-0.15, -0.1) is 0 Å². The Morgan fingerprint density at radius 1 is 1.25 bits per heavy atom. The molecule has 4 rings (SSSR count). The summed E-state index contributed by atoms with van der Waals surface area (Å²) in [5, 5.41) is 6.98. The van der Waals surface area contributed by atoms with E-state index in [0.29, 0.717) is 23.8 Å². The van der Waals surface area contributed by atoms with Gasteiger partial charge in [0.05, 0.1) is 36.2 Å². The number of carbonyl (C=O) groups excluding carboxylic acids is 2. The van der Waals surface area contributed by atoms with Gasteiger partial charge in [-0.25, -0.2) is 9.97 Å². The lowest BCUT2D eigenvalue weighted by atomic mass is 9.99. The van der Waals surface area contributed by atoms with Crippen molar-refractivity contribution in [1.29, 1.82) is 0 Å². The van der Waals surface area contributed by atoms with Gasteiger partial charge >= 0.3 is 0 Å². The normalized spacial score (nSPS) is 17.5. The lowest BCUT2D eigenvalue weighted by Gasteiger charge is -2.30. The van der Waals surface area contributed by atoms with Gasteiger partial charge in [0, 0.05) is 31.1 Å². The Hall–Kier alpha value is -2.36. The maximum atomic E-state index is 12.4. The molecule has 2 N–H and O–H groups in total. The van der Waals surface area contributed by atoms with Crippen LogP contribution in [0.3, 0.4) is 0 Å². The highest BCUT2D eigenvalue weighted by Gasteiger charge is 2.21. The number of nitrogens with zero attached hydrogens (tertiary/aromatic N) is 4. The first-order chi connectivity index (χ1) is 15.5. The van der Waals surface area contributed by atoms with Crippen molar-refractivity contribution in [2.24, 2.45) is 5.92 Å². The van der Waals surface area contributed by atoms with E-state index in [2.05, 4.69) is 32.4 Å². The second kappa shape index (κ2) is 10.5. The van der Waals surface area contributed by atoms with E-state index in [0.717, 1.165) is 34.7 Å². The van der Waals surface area contributed by atoms with Crippen molar-refractivity contribution < 1.29 is 9.59 Å². The van der Waals surface area contributed by atoms with Crippen molar-refractivity contribution in [1.82, 2.24) is 20.2 Å². The van der Waals surface area contributed by atoms with Crippen molar-refractivity contribution in [3.05, 3.63) is 35.6 Å². The number of anilines is 2. The summed E-state index contributed by atoms with van der Waals surface area (Å²) in [5.74, 6) is 1.31. The molecule has 2 fully saturated rings. The molecule has 2 aliphatic heterocycles. The second-order valence-corrected chi connectivity index (χ2v) is 9.58. The van der Waals surface area contributed by atoms with Crippen LogP contribution in [-0.2, 0) is 9.59 Å². The molecule has 0 saturated carbocycles. The highest BCUT2D eigenvalue weighted by Crippen LogP contribution is 2.36. The third-order valence-corrected chi connectivity index (χ3v) is 7.20. The molecule has 2 saturated heterocycles. The van der Waals surface area contributed by atoms with Gasteiger partial charge in [-0.05, 0) is 30.9 Å². The van der Waals surface area contributed by atoms with Crippen LogP contribution in [0.4, 0.5) is 11.5 Å². The Morgan fingerprint density at radius 2 is 2.06 bits per heavy atom. The summed E-state index contributed by atoms with van der Waals surface area (Å²) >= 11 is 7.96. The van der Waals surface area contributed by atoms with E-state index in [-0.39, 0.29) is 24.9 Å². The second-order valence-electron chi connectivity index (χ2n) is 8.14. The number of rotatable bonds is 6. The first-order valence-corrected chi connectivity index (χ1v) is 12.0. The molecule has 0 bridgehead atoms. The van der Waals surface area contributed by atoms with Crippen molar-refractivity contribution in [2.75, 3.05) is 49.5 Å². The number of piperidine rings is 1. The smallest absolute Gasteiger partial charge is 0.244 e. The molecule has 0 aliphatic carbocycles. The first-order valence-electron chi connectivity index (χ1n) is 10.8. The summed E-state index contributed by atoms with van der Waals surface area (Å²) in [5.41, 5.74) is 0.510. The van der Waals surface area contributed by atoms with Gasteiger partial charge in [-0.3, -0.25) is 9.59 Å². The van der Waals surface area contributed by atoms with Gasteiger partial charge in [-0.1, -0.05) is 36.4 Å². The van der Waals surface area contributed by atoms with Crippen LogP contribution in [0.15, 0.2) is 40.5 Å². The number of nitrogens with one attached hydrogen (secondary N) is 2. The fraction of sp³-hybridized carbons (Fsp3) is 0.455. The summed E-state index contributed by atoms with van der Waals surface area (Å²) in [4.78, 5) is 38.0. The SMILES string of the molecule is CC1CCN(c2cnc(Sc3cccc(NC(=O)CN4CCNCC4=O)c3Cl)cn2)CC1. The van der Waals surface area contributed by atoms with Crippen LogP contribution < -0.4 is 15.5 Å². The van der Waals surface area contributed by atoms with Gasteiger partial charge in [0.2, 0.25) is 11.8 Å². The molecule has 0 unspecified atom stereocenters. The zero-order chi connectivity index (χ0) is 22.5. The van der Waals surface area contributed by atoms with Crippen molar-refractivity contribution >= 4 is 46.7 Å². The number of amides is 2. The van der Waals surface area contributed by atoms with E-state index in [1.807, 2.05) is 18.3 Å². The number of aromatic nitrogens is 2. The van der Waals surface area contributed by atoms with Crippen LogP contribution in [0.25, 0.3) is 0 Å². The van der Waals surface area contributed by atoms with E-state index in [9.17, 15) is 9.59 Å². The molecule has 2 aromatic rings. The molecule has 170 valence electrons. The maximum absolute atomic E-state index is 12.4. The number of piperazine rings is 1. The van der Waals surface area contributed by atoms with Crippen molar-refractivity contribution in [2.45, 2.75) is 29.7 Å². The van der Waals surface area contributed by atoms with Crippen LogP contribution in [0, 0.1) is 5.92 Å². The van der Waals surface area contributed by atoms with Gasteiger partial charge in [0.1, 0.15) is 10.8 Å². The number of hydrogen-bond acceptors (Lipinski definition) is 7. The standard InChI is InChI=1S/C22H27ClN6O2S/c1-15-5-8-28(9-6-15)18-11-26-20(12-25-18)32-17-4-2-3-16(22(17)23)27-19(30)14-29-10-7-24-13-21(29)31/h2-4,11-12,15,24H,5-10,13-14H2,1H3,(H,27,30). The number of hydrogen-bond donors (Lipinski definition) is 2. The fourth-order valence-electron chi connectivity index (χ4n) is 3.74. The van der Waals surface area contributed by atoms with E-state index in [1.165, 1.54) is 24.6 Å². The van der Waals surface area contributed by atoms with Crippen LogP contribution >= 0.6 is 23.4 Å². The average molecular weight is 475 g/mol. The zero-order valence-electron chi connectivity index (χ0n) is 18.0. The first kappa shape index (κ1) is 22.8. The van der Waals surface area contributed by atoms with Crippen LogP contribution in [0.5, 0.6) is 0 Å². The summed E-state index contributed by atoms with van der Waals surface area (Å²) in [7, 11) is 0. The minimum Gasteiger partial charge on any atom is -0.355 e. The predicted molar refractivity (Wildman–Crippen MR) is 126 cm³/mol. The van der Waals surface area contributed by atoms with E-state index < -0.39 is 0 Å². The predicted octanol–water partition coefficient (Wildman–Crippen LogP) is 2.89. The lowest BCUT2D eigenvalue weighted by Crippen LogP contribution is -2.50. The summed E-state index contributed by atoms with van der Waals surface area (Å²) in [6, 6.07) is 5.45. The molecule has 32 heavy (non-hydrogen) atoms. The number of halogens is 1. The molecule has 1 aromatic heterocycles. The van der Waals surface area contributed by atoms with Gasteiger partial charge in [0.25, 0.3) is 0 Å². The number of benzene rings is 1. The molecule has 2 amide bonds. The molecular weight excluding hydrogens is 448 g/mol. The van der Waals surface area contributed by atoms with E-state index in [4.69, 9.17) is 11.6 Å². The fourth-order valence-corrected chi connectivity index (χ4v) is 4.81. The maximum Gasteiger partial charge on any atom is 0.244 e. The topological polar surface area (TPSA) is 90.5 Å². The summed E-state index contributed by atoms with van der Waals surface area (Å²) in [6.07, 6.45) is 5.92. The van der Waals surface area contributed by atoms with E-state index >= 15 is 0 Å². The summed E-state index contributed by atoms with van der Waals surface area (Å²) < 4.78 is 0. The Balaban J connectivity index is 1.38. The van der Waals surface area contributed by atoms with Gasteiger partial charge in [0.15, 0.2) is 0 Å². The van der Waals surface area contributed by atoms with Crippen LogP contribution in [0.1, 0.15) is 19.8 Å². The quantitative estimate of drug-likeness (QED) is 0.665. The summed E-state index contributed by atoms with van der Waals surface area (Å²) in [6.45, 7) is 5.77. The highest BCUT2D eigenvalue weighted by molar-refractivity contribution is 7.99. The molecular formula is C22H27ClN6O2S. The molecule has 0 spiro atoms. The molecule has 0 radical (unpaired) electrons. The Morgan fingerprint density at radius 3 is 2.78 bits per heavy atom. The minimum absolute atomic E-state index is 0.0103. The lowest BCUT2D eigenvalue weighted by molar-refractivity contribution is -0.135. The van der Waals surface area contributed by atoms with Crippen molar-refractivity contribution in [3.8, 4) is 0 Å². The molecule has 1 aromatic carbocycles. The molecule has 10 heteroatoms. The highest BCUT2D eigenvalue weighted by atomic mass is 35.5. The molecule has 8 nitrogen and oxygen atoms in total. The number of carbonyl (C=O) groups is 2. The monoisotopic (exact) mass is 474 g/mol. The largest absolute Gasteiger partial charge is 0.355 e. The zero-order valence-corrected chi connectivity index (χ0v) is 19.6. The Kier molecular flexibility index (Phi) is 7.49. The third kappa shape index (κ3) is 5.70.